The van der Waals surface area contributed by atoms with E-state index in [2.05, 4.69) is 35.4 Å². The molecule has 5 heterocycles. The maximum absolute atomic E-state index is 4.85. The number of aromatic nitrogens is 6. The highest BCUT2D eigenvalue weighted by Gasteiger charge is 2.25. The molecular weight excluding hydrogens is 372 g/mol. The zero-order valence-corrected chi connectivity index (χ0v) is 16.1. The van der Waals surface area contributed by atoms with Crippen LogP contribution in [0, 0.1) is 6.92 Å². The third kappa shape index (κ3) is 3.20. The first kappa shape index (κ1) is 16.8. The maximum Gasteiger partial charge on any atom is 0.189 e. The Hall–Kier alpha value is -3.33. The van der Waals surface area contributed by atoms with Crippen molar-refractivity contribution in [3.8, 4) is 11.3 Å². The molecule has 0 bridgehead atoms. The summed E-state index contributed by atoms with van der Waals surface area (Å²) in [6.45, 7) is 3.54. The summed E-state index contributed by atoms with van der Waals surface area (Å²) < 4.78 is 0. The second kappa shape index (κ2) is 7.01. The second-order valence-corrected chi connectivity index (χ2v) is 7.67. The Morgan fingerprint density at radius 1 is 1.25 bits per heavy atom. The highest BCUT2D eigenvalue weighted by Crippen LogP contribution is 2.39. The summed E-state index contributed by atoms with van der Waals surface area (Å²) in [6, 6.07) is 7.85. The van der Waals surface area contributed by atoms with E-state index < -0.39 is 0 Å². The Morgan fingerprint density at radius 2 is 2.21 bits per heavy atom. The van der Waals surface area contributed by atoms with Gasteiger partial charge in [-0.25, -0.2) is 19.9 Å². The average Bonchev–Trinajstić information content (AvgIpc) is 3.30. The Morgan fingerprint density at radius 3 is 3.07 bits per heavy atom. The summed E-state index contributed by atoms with van der Waals surface area (Å²) in [5, 5.41) is 11.6. The van der Waals surface area contributed by atoms with Crippen molar-refractivity contribution in [2.75, 3.05) is 16.8 Å². The van der Waals surface area contributed by atoms with Gasteiger partial charge in [0, 0.05) is 29.7 Å². The molecule has 0 amide bonds. The summed E-state index contributed by atoms with van der Waals surface area (Å²) in [7, 11) is 0. The minimum atomic E-state index is 0.699. The van der Waals surface area contributed by atoms with Crippen molar-refractivity contribution in [1.82, 2.24) is 30.1 Å². The van der Waals surface area contributed by atoms with E-state index in [0.29, 0.717) is 6.54 Å². The van der Waals surface area contributed by atoms with E-state index in [9.17, 15) is 0 Å². The topological polar surface area (TPSA) is 95.5 Å². The van der Waals surface area contributed by atoms with E-state index in [1.54, 1.807) is 23.9 Å². The molecule has 5 rings (SSSR count). The normalized spacial score (nSPS) is 13.0. The van der Waals surface area contributed by atoms with E-state index in [-0.39, 0.29) is 0 Å². The predicted octanol–water partition coefficient (Wildman–Crippen LogP) is 3.33. The molecule has 28 heavy (non-hydrogen) atoms. The van der Waals surface area contributed by atoms with Crippen LogP contribution in [0.3, 0.4) is 0 Å². The summed E-state index contributed by atoms with van der Waals surface area (Å²) in [5.74, 6) is 1.78. The van der Waals surface area contributed by atoms with E-state index in [1.807, 2.05) is 37.4 Å². The van der Waals surface area contributed by atoms with Gasteiger partial charge in [0.25, 0.3) is 0 Å². The molecule has 0 aliphatic carbocycles. The van der Waals surface area contributed by atoms with Crippen molar-refractivity contribution in [3.05, 3.63) is 59.3 Å². The number of fused-ring (bicyclic) bond motifs is 3. The second-order valence-electron chi connectivity index (χ2n) is 6.58. The molecular formula is C19H18N8S. The van der Waals surface area contributed by atoms with Gasteiger partial charge in [0.1, 0.15) is 18.0 Å². The van der Waals surface area contributed by atoms with Crippen LogP contribution in [0.1, 0.15) is 16.3 Å². The smallest absolute Gasteiger partial charge is 0.189 e. The summed E-state index contributed by atoms with van der Waals surface area (Å²) in [4.78, 5) is 21.2. The molecule has 9 heteroatoms. The minimum Gasteiger partial charge on any atom is -0.350 e. The number of rotatable bonds is 4. The monoisotopic (exact) mass is 390 g/mol. The first-order chi connectivity index (χ1) is 13.8. The molecule has 8 nitrogen and oxygen atoms in total. The lowest BCUT2D eigenvalue weighted by Gasteiger charge is -2.21. The highest BCUT2D eigenvalue weighted by atomic mass is 32.1. The Kier molecular flexibility index (Phi) is 4.21. The fourth-order valence-corrected chi connectivity index (χ4v) is 4.29. The van der Waals surface area contributed by atoms with Gasteiger partial charge in [-0.1, -0.05) is 6.07 Å². The number of thiazole rings is 1. The number of nitrogens with one attached hydrogen (secondary N) is 2. The molecule has 4 aromatic heterocycles. The number of hydrogen-bond donors (Lipinski definition) is 2. The molecule has 0 atom stereocenters. The SMILES string of the molecule is Cc1cccc(Nc2nc3c(s2)CCN(Cc2ccncn2)c2[nH]ncc2-3)n1. The predicted molar refractivity (Wildman–Crippen MR) is 109 cm³/mol. The molecule has 0 saturated heterocycles. The van der Waals surface area contributed by atoms with Gasteiger partial charge >= 0.3 is 0 Å². The van der Waals surface area contributed by atoms with Crippen LogP contribution >= 0.6 is 11.3 Å². The lowest BCUT2D eigenvalue weighted by Crippen LogP contribution is -2.25. The molecule has 1 aliphatic heterocycles. The summed E-state index contributed by atoms with van der Waals surface area (Å²) >= 11 is 1.67. The van der Waals surface area contributed by atoms with E-state index >= 15 is 0 Å². The van der Waals surface area contributed by atoms with Crippen LogP contribution < -0.4 is 10.2 Å². The van der Waals surface area contributed by atoms with Gasteiger partial charge in [-0.05, 0) is 25.1 Å². The van der Waals surface area contributed by atoms with Crippen LogP contribution in [0.25, 0.3) is 11.3 Å². The molecule has 140 valence electrons. The van der Waals surface area contributed by atoms with Crippen molar-refractivity contribution in [2.45, 2.75) is 19.9 Å². The zero-order chi connectivity index (χ0) is 18.9. The number of nitrogens with zero attached hydrogens (tertiary/aromatic N) is 6. The fourth-order valence-electron chi connectivity index (χ4n) is 3.31. The van der Waals surface area contributed by atoms with Gasteiger partial charge in [0.05, 0.1) is 29.7 Å². The molecule has 0 fully saturated rings. The highest BCUT2D eigenvalue weighted by molar-refractivity contribution is 7.16. The Bertz CT molecular complexity index is 1100. The van der Waals surface area contributed by atoms with Gasteiger partial charge in [-0.15, -0.1) is 11.3 Å². The number of hydrogen-bond acceptors (Lipinski definition) is 8. The van der Waals surface area contributed by atoms with Crippen LogP contribution in [0.4, 0.5) is 16.8 Å². The van der Waals surface area contributed by atoms with E-state index in [1.165, 1.54) is 4.88 Å². The first-order valence-electron chi connectivity index (χ1n) is 9.00. The third-order valence-corrected chi connectivity index (χ3v) is 5.65. The first-order valence-corrected chi connectivity index (χ1v) is 9.82. The molecule has 0 radical (unpaired) electrons. The molecule has 0 saturated carbocycles. The lowest BCUT2D eigenvalue weighted by atomic mass is 10.2. The molecule has 0 spiro atoms. The Balaban J connectivity index is 1.45. The molecule has 0 aromatic carbocycles. The average molecular weight is 390 g/mol. The van der Waals surface area contributed by atoms with E-state index in [4.69, 9.17) is 4.98 Å². The molecule has 4 aromatic rings. The summed E-state index contributed by atoms with van der Waals surface area (Å²) in [6.07, 6.45) is 6.10. The molecule has 2 N–H and O–H groups in total. The van der Waals surface area contributed by atoms with Gasteiger partial charge in [-0.3, -0.25) is 5.10 Å². The van der Waals surface area contributed by atoms with Crippen molar-refractivity contribution in [2.24, 2.45) is 0 Å². The van der Waals surface area contributed by atoms with Gasteiger partial charge in [0.2, 0.25) is 0 Å². The minimum absolute atomic E-state index is 0.699. The fraction of sp³-hybridized carbons (Fsp3) is 0.211. The standard InChI is InChI=1S/C19H18N8S/c1-12-3-2-4-16(23-12)24-19-25-17-14-9-22-26-18(14)27(8-6-15(17)28-19)10-13-5-7-20-11-21-13/h2-5,7,9,11H,6,8,10H2,1H3,(H,22,26)(H,23,24,25). The number of aromatic amines is 1. The largest absolute Gasteiger partial charge is 0.350 e. The van der Waals surface area contributed by atoms with Crippen LogP contribution in [0.15, 0.2) is 43.0 Å². The molecule has 0 unspecified atom stereocenters. The van der Waals surface area contributed by atoms with Crippen LogP contribution in [0.2, 0.25) is 0 Å². The van der Waals surface area contributed by atoms with Crippen molar-refractivity contribution in [3.63, 3.8) is 0 Å². The van der Waals surface area contributed by atoms with Gasteiger partial charge < -0.3 is 10.2 Å². The van der Waals surface area contributed by atoms with Crippen LogP contribution in [0.5, 0.6) is 0 Å². The quantitative estimate of drug-likeness (QED) is 0.552. The third-order valence-electron chi connectivity index (χ3n) is 4.62. The van der Waals surface area contributed by atoms with Crippen molar-refractivity contribution in [1.29, 1.82) is 0 Å². The maximum atomic E-state index is 4.85. The van der Waals surface area contributed by atoms with E-state index in [0.717, 1.165) is 52.4 Å². The zero-order valence-electron chi connectivity index (χ0n) is 15.3. The van der Waals surface area contributed by atoms with Gasteiger partial charge in [0.15, 0.2) is 5.13 Å². The number of H-pyrrole nitrogens is 1. The van der Waals surface area contributed by atoms with Gasteiger partial charge in [-0.2, -0.15) is 5.10 Å². The number of aryl methyl sites for hydroxylation is 1. The van der Waals surface area contributed by atoms with Crippen molar-refractivity contribution >= 4 is 28.1 Å². The number of pyridine rings is 1. The Labute approximate surface area is 165 Å². The molecule has 1 aliphatic rings. The van der Waals surface area contributed by atoms with Crippen LogP contribution in [-0.2, 0) is 13.0 Å². The number of anilines is 3. The van der Waals surface area contributed by atoms with Crippen molar-refractivity contribution < 1.29 is 0 Å². The van der Waals surface area contributed by atoms with Crippen LogP contribution in [-0.4, -0.2) is 36.7 Å². The summed E-state index contributed by atoms with van der Waals surface area (Å²) in [5.41, 5.74) is 3.94. The lowest BCUT2D eigenvalue weighted by molar-refractivity contribution is 0.758.